The van der Waals surface area contributed by atoms with Crippen molar-refractivity contribution in [3.8, 4) is 0 Å². The van der Waals surface area contributed by atoms with Gasteiger partial charge in [-0.1, -0.05) is 18.2 Å². The minimum absolute atomic E-state index is 0.257. The van der Waals surface area contributed by atoms with Gasteiger partial charge in [-0.15, -0.1) is 0 Å². The summed E-state index contributed by atoms with van der Waals surface area (Å²) in [7, 11) is 0. The van der Waals surface area contributed by atoms with Gasteiger partial charge in [-0.25, -0.2) is 4.79 Å². The van der Waals surface area contributed by atoms with E-state index in [1.807, 2.05) is 30.3 Å². The minimum atomic E-state index is -0.257. The highest BCUT2D eigenvalue weighted by Gasteiger charge is 2.20. The molecule has 0 atom stereocenters. The first-order chi connectivity index (χ1) is 7.27. The Balaban J connectivity index is 1.97. The second-order valence-corrected chi connectivity index (χ2v) is 3.30. The molecular weight excluding hydrogens is 192 g/mol. The Morgan fingerprint density at radius 3 is 2.53 bits per heavy atom. The van der Waals surface area contributed by atoms with Crippen molar-refractivity contribution >= 4 is 11.7 Å². The number of benzene rings is 1. The molecule has 1 aromatic rings. The Bertz CT molecular complexity index is 398. The number of esters is 1. The van der Waals surface area contributed by atoms with Crippen LogP contribution in [0.15, 0.2) is 41.6 Å². The number of carbonyl (C=O) groups excluding carboxylic acids is 1. The highest BCUT2D eigenvalue weighted by Crippen LogP contribution is 2.12. The second-order valence-electron chi connectivity index (χ2n) is 3.30. The van der Waals surface area contributed by atoms with Crippen LogP contribution in [0.2, 0.25) is 0 Å². The van der Waals surface area contributed by atoms with Gasteiger partial charge in [0.05, 0.1) is 17.0 Å². The lowest BCUT2D eigenvalue weighted by Gasteiger charge is -2.09. The summed E-state index contributed by atoms with van der Waals surface area (Å²) in [5.41, 5.74) is 8.31. The van der Waals surface area contributed by atoms with Gasteiger partial charge in [-0.05, 0) is 19.1 Å². The van der Waals surface area contributed by atoms with Gasteiger partial charge < -0.3 is 15.6 Å². The zero-order valence-electron chi connectivity index (χ0n) is 8.41. The van der Waals surface area contributed by atoms with Crippen LogP contribution in [0.4, 0.5) is 5.69 Å². The average Bonchev–Trinajstić information content (AvgIpc) is 2.59. The molecular formula is C11H12N2O2. The molecule has 4 heteroatoms. The molecule has 1 heterocycles. The number of rotatable bonds is 3. The molecule has 0 aliphatic carbocycles. The van der Waals surface area contributed by atoms with E-state index in [1.165, 1.54) is 0 Å². The zero-order chi connectivity index (χ0) is 10.7. The van der Waals surface area contributed by atoms with E-state index < -0.39 is 0 Å². The van der Waals surface area contributed by atoms with E-state index in [9.17, 15) is 4.79 Å². The fraction of sp³-hybridized carbons (Fsp3) is 0.182. The fourth-order valence-electron chi connectivity index (χ4n) is 1.28. The Hall–Kier alpha value is -1.97. The first-order valence-corrected chi connectivity index (χ1v) is 4.71. The molecule has 0 saturated carbocycles. The molecule has 0 radical (unpaired) electrons. The molecule has 2 rings (SSSR count). The van der Waals surface area contributed by atoms with Crippen LogP contribution in [-0.2, 0) is 9.53 Å². The number of para-hydroxylation sites is 1. The van der Waals surface area contributed by atoms with Gasteiger partial charge in [-0.3, -0.25) is 0 Å². The van der Waals surface area contributed by atoms with E-state index in [0.29, 0.717) is 12.2 Å². The van der Waals surface area contributed by atoms with E-state index >= 15 is 0 Å². The van der Waals surface area contributed by atoms with Crippen molar-refractivity contribution in [1.29, 1.82) is 0 Å². The van der Waals surface area contributed by atoms with Crippen molar-refractivity contribution in [3.63, 3.8) is 0 Å². The molecule has 0 aromatic heterocycles. The summed E-state index contributed by atoms with van der Waals surface area (Å²) in [6.45, 7) is 2.05. The van der Waals surface area contributed by atoms with Crippen molar-refractivity contribution in [1.82, 2.24) is 5.43 Å². The molecule has 1 aliphatic heterocycles. The Labute approximate surface area is 87.9 Å². The smallest absolute Gasteiger partial charge is 0.336 e. The monoisotopic (exact) mass is 204 g/mol. The molecule has 1 aromatic carbocycles. The number of hydrazine groups is 1. The van der Waals surface area contributed by atoms with Crippen molar-refractivity contribution < 1.29 is 9.53 Å². The second kappa shape index (κ2) is 4.04. The van der Waals surface area contributed by atoms with Gasteiger partial charge in [-0.2, -0.15) is 0 Å². The Morgan fingerprint density at radius 1 is 1.20 bits per heavy atom. The first-order valence-electron chi connectivity index (χ1n) is 4.71. The number of cyclic esters (lactones) is 1. The van der Waals surface area contributed by atoms with E-state index in [-0.39, 0.29) is 5.97 Å². The molecule has 0 spiro atoms. The highest BCUT2D eigenvalue weighted by molar-refractivity contribution is 5.90. The van der Waals surface area contributed by atoms with Crippen LogP contribution >= 0.6 is 0 Å². The van der Waals surface area contributed by atoms with E-state index in [1.54, 1.807) is 6.92 Å². The van der Waals surface area contributed by atoms with E-state index in [4.69, 9.17) is 4.74 Å². The molecule has 0 amide bonds. The summed E-state index contributed by atoms with van der Waals surface area (Å²) >= 11 is 0. The molecule has 4 nitrogen and oxygen atoms in total. The van der Waals surface area contributed by atoms with E-state index in [2.05, 4.69) is 10.9 Å². The van der Waals surface area contributed by atoms with Gasteiger partial charge in [0, 0.05) is 0 Å². The van der Waals surface area contributed by atoms with Crippen LogP contribution in [-0.4, -0.2) is 12.6 Å². The van der Waals surface area contributed by atoms with Crippen LogP contribution in [0.5, 0.6) is 0 Å². The van der Waals surface area contributed by atoms with Crippen LogP contribution < -0.4 is 10.9 Å². The minimum Gasteiger partial charge on any atom is -0.456 e. The van der Waals surface area contributed by atoms with Gasteiger partial charge >= 0.3 is 5.97 Å². The van der Waals surface area contributed by atoms with Gasteiger partial charge in [0.15, 0.2) is 0 Å². The van der Waals surface area contributed by atoms with Gasteiger partial charge in [0.2, 0.25) is 0 Å². The zero-order valence-corrected chi connectivity index (χ0v) is 8.41. The number of hydrogen-bond acceptors (Lipinski definition) is 4. The summed E-state index contributed by atoms with van der Waals surface area (Å²) in [6, 6.07) is 9.67. The quantitative estimate of drug-likeness (QED) is 0.577. The molecule has 0 fully saturated rings. The van der Waals surface area contributed by atoms with Crippen molar-refractivity contribution in [2.75, 3.05) is 12.0 Å². The first kappa shape index (κ1) is 9.58. The predicted molar refractivity (Wildman–Crippen MR) is 56.9 cm³/mol. The number of anilines is 1. The summed E-state index contributed by atoms with van der Waals surface area (Å²) < 4.78 is 4.85. The fourth-order valence-corrected chi connectivity index (χ4v) is 1.28. The third-order valence-corrected chi connectivity index (χ3v) is 2.24. The summed E-state index contributed by atoms with van der Waals surface area (Å²) in [4.78, 5) is 11.0. The lowest BCUT2D eigenvalue weighted by atomic mass is 10.3. The van der Waals surface area contributed by atoms with Crippen LogP contribution in [0.3, 0.4) is 0 Å². The maximum atomic E-state index is 11.0. The summed E-state index contributed by atoms with van der Waals surface area (Å²) in [5, 5.41) is 0. The largest absolute Gasteiger partial charge is 0.456 e. The average molecular weight is 204 g/mol. The molecule has 78 valence electrons. The number of nitrogens with one attached hydrogen (secondary N) is 2. The van der Waals surface area contributed by atoms with Crippen molar-refractivity contribution in [2.24, 2.45) is 0 Å². The lowest BCUT2D eigenvalue weighted by Crippen LogP contribution is -2.22. The third-order valence-electron chi connectivity index (χ3n) is 2.24. The maximum absolute atomic E-state index is 11.0. The topological polar surface area (TPSA) is 50.4 Å². The molecule has 0 bridgehead atoms. The molecule has 15 heavy (non-hydrogen) atoms. The van der Waals surface area contributed by atoms with E-state index in [0.717, 1.165) is 11.4 Å². The number of carbonyl (C=O) groups is 1. The lowest BCUT2D eigenvalue weighted by molar-refractivity contribution is -0.135. The molecule has 1 aliphatic rings. The molecule has 0 unspecified atom stereocenters. The number of hydrogen-bond donors (Lipinski definition) is 2. The Morgan fingerprint density at radius 2 is 1.93 bits per heavy atom. The summed E-state index contributed by atoms with van der Waals surface area (Å²) in [5.74, 6) is -0.257. The maximum Gasteiger partial charge on any atom is 0.336 e. The standard InChI is InChI=1S/C11H12N2O2/c1-8-10(7-15-11(8)14)13-12-9-5-3-2-4-6-9/h2-6,12-13H,7H2,1H3. The Kier molecular flexibility index (Phi) is 2.58. The normalized spacial score (nSPS) is 15.1. The van der Waals surface area contributed by atoms with Crippen LogP contribution in [0.1, 0.15) is 6.92 Å². The van der Waals surface area contributed by atoms with Gasteiger partial charge in [0.1, 0.15) is 6.61 Å². The molecule has 2 N–H and O–H groups in total. The predicted octanol–water partition coefficient (Wildman–Crippen LogP) is 1.43. The van der Waals surface area contributed by atoms with Crippen LogP contribution in [0.25, 0.3) is 0 Å². The number of ether oxygens (including phenoxy) is 1. The molecule has 0 saturated heterocycles. The summed E-state index contributed by atoms with van der Waals surface area (Å²) in [6.07, 6.45) is 0. The SMILES string of the molecule is CC1=C(NNc2ccccc2)COC1=O. The van der Waals surface area contributed by atoms with Crippen LogP contribution in [0, 0.1) is 0 Å². The van der Waals surface area contributed by atoms with Crippen molar-refractivity contribution in [2.45, 2.75) is 6.92 Å². The highest BCUT2D eigenvalue weighted by atomic mass is 16.5. The van der Waals surface area contributed by atoms with Gasteiger partial charge in [0.25, 0.3) is 0 Å². The third kappa shape index (κ3) is 2.10. The van der Waals surface area contributed by atoms with Crippen molar-refractivity contribution in [3.05, 3.63) is 41.6 Å².